The molecule has 3 aromatic heterocycles. The number of nitrogens with one attached hydrogen (secondary N) is 1. The topological polar surface area (TPSA) is 78.2 Å². The summed E-state index contributed by atoms with van der Waals surface area (Å²) in [5, 5.41) is 0.729. The monoisotopic (exact) mass is 377 g/mol. The SMILES string of the molecule is COc1cccc(Oc2c(-c3cn(C)c(=O)c4[nH]ccc34)ccn(C)c2=O)c1. The molecule has 0 unspecified atom stereocenters. The van der Waals surface area contributed by atoms with Crippen LogP contribution in [0, 0.1) is 0 Å². The van der Waals surface area contributed by atoms with Gasteiger partial charge >= 0.3 is 0 Å². The summed E-state index contributed by atoms with van der Waals surface area (Å²) in [4.78, 5) is 28.2. The molecule has 0 aliphatic rings. The van der Waals surface area contributed by atoms with Gasteiger partial charge < -0.3 is 23.6 Å². The fourth-order valence-electron chi connectivity index (χ4n) is 3.18. The van der Waals surface area contributed by atoms with Crippen molar-refractivity contribution in [3.05, 3.63) is 75.7 Å². The Bertz CT molecular complexity index is 1300. The number of hydrogen-bond acceptors (Lipinski definition) is 4. The van der Waals surface area contributed by atoms with Crippen LogP contribution < -0.4 is 20.6 Å². The quantitative estimate of drug-likeness (QED) is 0.593. The van der Waals surface area contributed by atoms with Gasteiger partial charge in [-0.3, -0.25) is 9.59 Å². The van der Waals surface area contributed by atoms with E-state index in [4.69, 9.17) is 9.47 Å². The number of benzene rings is 1. The van der Waals surface area contributed by atoms with Crippen LogP contribution in [0.4, 0.5) is 0 Å². The van der Waals surface area contributed by atoms with Crippen molar-refractivity contribution in [1.82, 2.24) is 14.1 Å². The molecule has 1 N–H and O–H groups in total. The Morgan fingerprint density at radius 1 is 0.929 bits per heavy atom. The maximum atomic E-state index is 12.9. The van der Waals surface area contributed by atoms with Gasteiger partial charge in [-0.15, -0.1) is 0 Å². The first kappa shape index (κ1) is 17.7. The second-order valence-corrected chi connectivity index (χ2v) is 6.48. The molecule has 0 spiro atoms. The summed E-state index contributed by atoms with van der Waals surface area (Å²) >= 11 is 0. The molecule has 7 nitrogen and oxygen atoms in total. The first-order valence-corrected chi connectivity index (χ1v) is 8.68. The molecule has 0 aliphatic carbocycles. The molecule has 4 aromatic rings. The molecular weight excluding hydrogens is 358 g/mol. The van der Waals surface area contributed by atoms with Gasteiger partial charge in [0.1, 0.15) is 17.0 Å². The number of hydrogen-bond donors (Lipinski definition) is 1. The molecule has 4 rings (SSSR count). The number of aromatic nitrogens is 3. The standard InChI is InChI=1S/C21H19N3O4/c1-23-10-8-16(17-12-24(2)20(25)18-15(17)7-9-22-18)19(21(23)26)28-14-6-4-5-13(11-14)27-3/h4-12,22H,1-3H3. The molecular formula is C21H19N3O4. The highest BCUT2D eigenvalue weighted by Crippen LogP contribution is 2.34. The van der Waals surface area contributed by atoms with Crippen molar-refractivity contribution < 1.29 is 9.47 Å². The van der Waals surface area contributed by atoms with Crippen molar-refractivity contribution in [2.45, 2.75) is 0 Å². The lowest BCUT2D eigenvalue weighted by Gasteiger charge is -2.14. The lowest BCUT2D eigenvalue weighted by atomic mass is 10.0. The van der Waals surface area contributed by atoms with Crippen molar-refractivity contribution >= 4 is 10.9 Å². The molecule has 0 fully saturated rings. The molecule has 0 aliphatic heterocycles. The molecule has 0 radical (unpaired) electrons. The number of aromatic amines is 1. The molecule has 3 heterocycles. The van der Waals surface area contributed by atoms with Gasteiger partial charge in [0.2, 0.25) is 0 Å². The highest BCUT2D eigenvalue weighted by atomic mass is 16.5. The van der Waals surface area contributed by atoms with E-state index in [1.165, 1.54) is 9.13 Å². The zero-order valence-corrected chi connectivity index (χ0v) is 15.7. The summed E-state index contributed by atoms with van der Waals surface area (Å²) in [7, 11) is 4.91. The highest BCUT2D eigenvalue weighted by Gasteiger charge is 2.18. The van der Waals surface area contributed by atoms with Crippen LogP contribution in [0.2, 0.25) is 0 Å². The Morgan fingerprint density at radius 2 is 1.71 bits per heavy atom. The Morgan fingerprint density at radius 3 is 2.50 bits per heavy atom. The number of fused-ring (bicyclic) bond motifs is 1. The smallest absolute Gasteiger partial charge is 0.293 e. The highest BCUT2D eigenvalue weighted by molar-refractivity contribution is 5.95. The Kier molecular flexibility index (Phi) is 4.27. The molecule has 7 heteroatoms. The Balaban J connectivity index is 1.96. The molecule has 0 bridgehead atoms. The van der Waals surface area contributed by atoms with Crippen molar-refractivity contribution in [2.75, 3.05) is 7.11 Å². The number of ether oxygens (including phenoxy) is 2. The first-order valence-electron chi connectivity index (χ1n) is 8.68. The number of H-pyrrole nitrogens is 1. The van der Waals surface area contributed by atoms with Gasteiger partial charge in [-0.25, -0.2) is 0 Å². The Labute approximate surface area is 160 Å². The van der Waals surface area contributed by atoms with Crippen LogP contribution in [0.3, 0.4) is 0 Å². The minimum atomic E-state index is -0.280. The Hall–Kier alpha value is -3.74. The molecule has 0 saturated heterocycles. The number of methoxy groups -OCH3 is 1. The summed E-state index contributed by atoms with van der Waals surface area (Å²) in [6.45, 7) is 0. The minimum absolute atomic E-state index is 0.136. The lowest BCUT2D eigenvalue weighted by molar-refractivity contribution is 0.408. The zero-order chi connectivity index (χ0) is 19.8. The maximum absolute atomic E-state index is 12.9. The van der Waals surface area contributed by atoms with E-state index in [1.54, 1.807) is 64.1 Å². The van der Waals surface area contributed by atoms with E-state index >= 15 is 0 Å². The lowest BCUT2D eigenvalue weighted by Crippen LogP contribution is -2.19. The van der Waals surface area contributed by atoms with Gasteiger partial charge in [-0.05, 0) is 24.3 Å². The van der Waals surface area contributed by atoms with E-state index in [1.807, 2.05) is 12.1 Å². The summed E-state index contributed by atoms with van der Waals surface area (Å²) < 4.78 is 14.2. The summed E-state index contributed by atoms with van der Waals surface area (Å²) in [5.74, 6) is 1.29. The first-order chi connectivity index (χ1) is 13.5. The zero-order valence-electron chi connectivity index (χ0n) is 15.7. The number of pyridine rings is 2. The molecule has 1 aromatic carbocycles. The fraction of sp³-hybridized carbons (Fsp3) is 0.143. The largest absolute Gasteiger partial charge is 0.497 e. The van der Waals surface area contributed by atoms with E-state index in [2.05, 4.69) is 4.98 Å². The van der Waals surface area contributed by atoms with Gasteiger partial charge in [-0.1, -0.05) is 6.07 Å². The van der Waals surface area contributed by atoms with E-state index in [0.29, 0.717) is 22.6 Å². The third-order valence-electron chi connectivity index (χ3n) is 4.67. The van der Waals surface area contributed by atoms with E-state index < -0.39 is 0 Å². The minimum Gasteiger partial charge on any atom is -0.497 e. The molecule has 0 atom stereocenters. The van der Waals surface area contributed by atoms with E-state index in [-0.39, 0.29) is 16.9 Å². The number of aryl methyl sites for hydroxylation is 2. The fourth-order valence-corrected chi connectivity index (χ4v) is 3.18. The molecule has 28 heavy (non-hydrogen) atoms. The van der Waals surface area contributed by atoms with Crippen molar-refractivity contribution in [2.24, 2.45) is 14.1 Å². The van der Waals surface area contributed by atoms with Gasteiger partial charge in [0, 0.05) is 55.3 Å². The van der Waals surface area contributed by atoms with Crippen LogP contribution >= 0.6 is 0 Å². The van der Waals surface area contributed by atoms with Crippen LogP contribution in [0.25, 0.3) is 22.0 Å². The molecule has 0 saturated carbocycles. The van der Waals surface area contributed by atoms with E-state index in [9.17, 15) is 9.59 Å². The summed E-state index contributed by atoms with van der Waals surface area (Å²) in [6, 6.07) is 10.7. The summed E-state index contributed by atoms with van der Waals surface area (Å²) in [5.41, 5.74) is 1.40. The average Bonchev–Trinajstić information content (AvgIpc) is 3.19. The van der Waals surface area contributed by atoms with Crippen LogP contribution in [0.1, 0.15) is 0 Å². The van der Waals surface area contributed by atoms with Gasteiger partial charge in [-0.2, -0.15) is 0 Å². The maximum Gasteiger partial charge on any atom is 0.293 e. The normalized spacial score (nSPS) is 11.0. The van der Waals surface area contributed by atoms with Crippen molar-refractivity contribution in [1.29, 1.82) is 0 Å². The van der Waals surface area contributed by atoms with E-state index in [0.717, 1.165) is 10.9 Å². The van der Waals surface area contributed by atoms with Crippen molar-refractivity contribution in [3.63, 3.8) is 0 Å². The van der Waals surface area contributed by atoms with Gasteiger partial charge in [0.25, 0.3) is 11.1 Å². The molecule has 142 valence electrons. The third-order valence-corrected chi connectivity index (χ3v) is 4.67. The predicted octanol–water partition coefficient (Wildman–Crippen LogP) is 3.03. The van der Waals surface area contributed by atoms with Crippen LogP contribution in [0.5, 0.6) is 17.2 Å². The summed E-state index contributed by atoms with van der Waals surface area (Å²) in [6.07, 6.45) is 5.10. The third kappa shape index (κ3) is 2.87. The van der Waals surface area contributed by atoms with Crippen LogP contribution in [0.15, 0.2) is 64.6 Å². The van der Waals surface area contributed by atoms with Crippen molar-refractivity contribution in [3.8, 4) is 28.4 Å². The second-order valence-electron chi connectivity index (χ2n) is 6.48. The van der Waals surface area contributed by atoms with Crippen LogP contribution in [-0.4, -0.2) is 21.2 Å². The number of rotatable bonds is 4. The number of nitrogens with zero attached hydrogens (tertiary/aromatic N) is 2. The predicted molar refractivity (Wildman–Crippen MR) is 107 cm³/mol. The van der Waals surface area contributed by atoms with Gasteiger partial charge in [0.15, 0.2) is 5.75 Å². The second kappa shape index (κ2) is 6.77. The van der Waals surface area contributed by atoms with Crippen LogP contribution in [-0.2, 0) is 14.1 Å². The van der Waals surface area contributed by atoms with Gasteiger partial charge in [0.05, 0.1) is 7.11 Å². The molecule has 0 amide bonds. The average molecular weight is 377 g/mol.